The number of sulfonamides is 1. The number of hydrogen-bond donors (Lipinski definition) is 3. The van der Waals surface area contributed by atoms with Gasteiger partial charge in [0.2, 0.25) is 0 Å². The van der Waals surface area contributed by atoms with Crippen molar-refractivity contribution in [3.05, 3.63) is 89.0 Å². The fraction of sp³-hybridized carbons (Fsp3) is 0.240. The maximum Gasteiger partial charge on any atom is 0.319 e. The Morgan fingerprint density at radius 1 is 1.00 bits per heavy atom. The van der Waals surface area contributed by atoms with Crippen LogP contribution in [0.5, 0.6) is 0 Å². The molecule has 4 rings (SSSR count). The maximum atomic E-state index is 13.9. The van der Waals surface area contributed by atoms with Crippen molar-refractivity contribution in [2.75, 3.05) is 23.6 Å². The summed E-state index contributed by atoms with van der Waals surface area (Å²) in [6.45, 7) is 3.28. The van der Waals surface area contributed by atoms with E-state index < -0.39 is 33.7 Å². The number of likely N-dealkylation sites (N-methyl/N-ethyl adjacent to an activating group) is 1. The fourth-order valence-corrected chi connectivity index (χ4v) is 5.04. The Hall–Kier alpha value is -3.50. The first-order chi connectivity index (χ1) is 16.6. The molecule has 1 aliphatic rings. The van der Waals surface area contributed by atoms with E-state index in [1.54, 1.807) is 6.07 Å². The number of carbonyl (C=O) groups excluding carboxylic acids is 1. The molecule has 1 aliphatic heterocycles. The third-order valence-electron chi connectivity index (χ3n) is 5.88. The molecule has 0 aliphatic carbocycles. The van der Waals surface area contributed by atoms with Gasteiger partial charge in [-0.3, -0.25) is 4.72 Å². The molecule has 3 N–H and O–H groups in total. The van der Waals surface area contributed by atoms with Crippen molar-refractivity contribution >= 4 is 27.4 Å². The number of hydrogen-bond acceptors (Lipinski definition) is 4. The zero-order valence-corrected chi connectivity index (χ0v) is 20.1. The highest BCUT2D eigenvalue weighted by atomic mass is 32.2. The van der Waals surface area contributed by atoms with E-state index >= 15 is 0 Å². The molecule has 2 amide bonds. The van der Waals surface area contributed by atoms with Crippen LogP contribution in [0, 0.1) is 11.6 Å². The van der Waals surface area contributed by atoms with Gasteiger partial charge in [-0.1, -0.05) is 18.2 Å². The van der Waals surface area contributed by atoms with Crippen LogP contribution < -0.4 is 15.4 Å². The molecule has 0 aromatic heterocycles. The molecule has 3 aromatic carbocycles. The topological polar surface area (TPSA) is 90.5 Å². The smallest absolute Gasteiger partial charge is 0.319 e. The highest BCUT2D eigenvalue weighted by Gasteiger charge is 2.19. The van der Waals surface area contributed by atoms with Crippen molar-refractivity contribution in [1.29, 1.82) is 0 Å². The number of anilines is 2. The van der Waals surface area contributed by atoms with Gasteiger partial charge in [0.15, 0.2) is 11.6 Å². The summed E-state index contributed by atoms with van der Waals surface area (Å²) in [4.78, 5) is 14.5. The Kier molecular flexibility index (Phi) is 7.04. The Labute approximate surface area is 203 Å². The summed E-state index contributed by atoms with van der Waals surface area (Å²) in [7, 11) is -1.78. The largest absolute Gasteiger partial charge is 0.331 e. The van der Waals surface area contributed by atoms with Crippen molar-refractivity contribution in [3.63, 3.8) is 0 Å². The number of benzene rings is 3. The van der Waals surface area contributed by atoms with Crippen LogP contribution in [0.4, 0.5) is 25.0 Å². The second-order valence-electron chi connectivity index (χ2n) is 8.56. The van der Waals surface area contributed by atoms with E-state index in [4.69, 9.17) is 0 Å². The molecule has 0 bridgehead atoms. The first-order valence-electron chi connectivity index (χ1n) is 11.1. The molecule has 35 heavy (non-hydrogen) atoms. The molecule has 0 spiro atoms. The Bertz CT molecular complexity index is 1350. The average Bonchev–Trinajstić information content (AvgIpc) is 2.81. The molecular formula is C25H26F2N4O3S. The van der Waals surface area contributed by atoms with Crippen LogP contribution in [0.15, 0.2) is 65.6 Å². The van der Waals surface area contributed by atoms with E-state index in [-0.39, 0.29) is 10.5 Å². The van der Waals surface area contributed by atoms with Crippen LogP contribution >= 0.6 is 0 Å². The molecule has 1 atom stereocenters. The van der Waals surface area contributed by atoms with Crippen LogP contribution in [0.1, 0.15) is 29.7 Å². The number of rotatable bonds is 6. The summed E-state index contributed by atoms with van der Waals surface area (Å²) in [5, 5.41) is 5.08. The Balaban J connectivity index is 1.39. The van der Waals surface area contributed by atoms with E-state index in [0.29, 0.717) is 11.4 Å². The molecule has 1 unspecified atom stereocenters. The quantitative estimate of drug-likeness (QED) is 0.460. The number of urea groups is 1. The van der Waals surface area contributed by atoms with Crippen LogP contribution in [0.2, 0.25) is 0 Å². The lowest BCUT2D eigenvalue weighted by Crippen LogP contribution is -2.31. The normalized spacial score (nSPS) is 14.6. The molecule has 3 aromatic rings. The molecular weight excluding hydrogens is 474 g/mol. The molecule has 184 valence electrons. The summed E-state index contributed by atoms with van der Waals surface area (Å²) in [6.07, 6.45) is 0.855. The van der Waals surface area contributed by atoms with Gasteiger partial charge in [0.25, 0.3) is 10.0 Å². The van der Waals surface area contributed by atoms with Gasteiger partial charge in [0, 0.05) is 30.0 Å². The first kappa shape index (κ1) is 24.6. The summed E-state index contributed by atoms with van der Waals surface area (Å²) < 4.78 is 55.6. The molecule has 0 fully saturated rings. The van der Waals surface area contributed by atoms with Crippen molar-refractivity contribution in [2.45, 2.75) is 30.8 Å². The van der Waals surface area contributed by atoms with E-state index in [9.17, 15) is 22.0 Å². The van der Waals surface area contributed by atoms with Crippen LogP contribution in [-0.2, 0) is 23.0 Å². The van der Waals surface area contributed by atoms with Gasteiger partial charge in [0.05, 0.1) is 10.9 Å². The fourth-order valence-electron chi connectivity index (χ4n) is 3.99. The molecule has 0 saturated heterocycles. The van der Waals surface area contributed by atoms with Crippen molar-refractivity contribution in [3.8, 4) is 0 Å². The number of amides is 2. The van der Waals surface area contributed by atoms with Crippen LogP contribution in [0.25, 0.3) is 0 Å². The van der Waals surface area contributed by atoms with Gasteiger partial charge in [-0.15, -0.1) is 0 Å². The highest BCUT2D eigenvalue weighted by Crippen LogP contribution is 2.24. The van der Waals surface area contributed by atoms with Crippen LogP contribution in [0.3, 0.4) is 0 Å². The number of fused-ring (bicyclic) bond motifs is 1. The van der Waals surface area contributed by atoms with Crippen molar-refractivity contribution in [1.82, 2.24) is 10.2 Å². The third kappa shape index (κ3) is 5.77. The van der Waals surface area contributed by atoms with Crippen molar-refractivity contribution < 1.29 is 22.0 Å². The molecule has 10 heteroatoms. The first-order valence-corrected chi connectivity index (χ1v) is 12.6. The van der Waals surface area contributed by atoms with Gasteiger partial charge in [-0.2, -0.15) is 0 Å². The van der Waals surface area contributed by atoms with E-state index in [2.05, 4.69) is 20.3 Å². The summed E-state index contributed by atoms with van der Waals surface area (Å²) >= 11 is 0. The Morgan fingerprint density at radius 3 is 2.46 bits per heavy atom. The number of nitrogens with zero attached hydrogens (tertiary/aromatic N) is 1. The number of carbonyl (C=O) groups is 1. The molecule has 1 heterocycles. The SMILES string of the molecule is CC(NC(=O)Nc1ccc(S(=O)(=O)Nc2ccc3c(c2)CCN(C)C3)cc1)c1cccc(F)c1F. The average molecular weight is 501 g/mol. The summed E-state index contributed by atoms with van der Waals surface area (Å²) in [5.74, 6) is -2.02. The van der Waals surface area contributed by atoms with Gasteiger partial charge < -0.3 is 15.5 Å². The second-order valence-corrected chi connectivity index (χ2v) is 10.2. The van der Waals surface area contributed by atoms with Gasteiger partial charge in [-0.05, 0) is 74.0 Å². The third-order valence-corrected chi connectivity index (χ3v) is 7.28. The lowest BCUT2D eigenvalue weighted by atomic mass is 10.00. The number of halogens is 2. The van der Waals surface area contributed by atoms with Gasteiger partial charge >= 0.3 is 6.03 Å². The summed E-state index contributed by atoms with van der Waals surface area (Å²) in [6, 6.07) is 13.5. The second kappa shape index (κ2) is 10.0. The monoisotopic (exact) mass is 500 g/mol. The maximum absolute atomic E-state index is 13.9. The predicted molar refractivity (Wildman–Crippen MR) is 131 cm³/mol. The highest BCUT2D eigenvalue weighted by molar-refractivity contribution is 7.92. The van der Waals surface area contributed by atoms with Gasteiger partial charge in [-0.25, -0.2) is 22.0 Å². The predicted octanol–water partition coefficient (Wildman–Crippen LogP) is 4.64. The molecule has 7 nitrogen and oxygen atoms in total. The lowest BCUT2D eigenvalue weighted by molar-refractivity contribution is 0.249. The minimum atomic E-state index is -3.83. The zero-order valence-electron chi connectivity index (χ0n) is 19.3. The summed E-state index contributed by atoms with van der Waals surface area (Å²) in [5.41, 5.74) is 3.16. The zero-order chi connectivity index (χ0) is 25.2. The Morgan fingerprint density at radius 2 is 1.71 bits per heavy atom. The van der Waals surface area contributed by atoms with E-state index in [1.807, 2.05) is 19.2 Å². The molecule has 0 saturated carbocycles. The standard InChI is InChI=1S/C25H26F2N4O3S/c1-16(22-4-3-5-23(26)24(22)27)28-25(32)29-19-8-10-21(11-9-19)35(33,34)30-20-7-6-18-15-31(2)13-12-17(18)14-20/h3-11,14,16,30H,12-13,15H2,1-2H3,(H2,28,29,32). The minimum Gasteiger partial charge on any atom is -0.331 e. The molecule has 0 radical (unpaired) electrons. The van der Waals surface area contributed by atoms with E-state index in [0.717, 1.165) is 31.1 Å². The van der Waals surface area contributed by atoms with E-state index in [1.165, 1.54) is 48.9 Å². The van der Waals surface area contributed by atoms with Gasteiger partial charge in [0.1, 0.15) is 0 Å². The van der Waals surface area contributed by atoms with Crippen molar-refractivity contribution in [2.24, 2.45) is 0 Å². The number of nitrogens with one attached hydrogen (secondary N) is 3. The minimum absolute atomic E-state index is 0.0156. The lowest BCUT2D eigenvalue weighted by Gasteiger charge is -2.25. The van der Waals surface area contributed by atoms with Crippen LogP contribution in [-0.4, -0.2) is 32.9 Å².